The first-order chi connectivity index (χ1) is 8.13. The smallest absolute Gasteiger partial charge is 0.0750 e. The lowest BCUT2D eigenvalue weighted by molar-refractivity contribution is 0.118. The van der Waals surface area contributed by atoms with Gasteiger partial charge < -0.3 is 9.64 Å². The van der Waals surface area contributed by atoms with Gasteiger partial charge in [0.25, 0.3) is 0 Å². The molecular formula is C13H17BrClNO. The number of alkyl halides is 1. The van der Waals surface area contributed by atoms with Crippen molar-refractivity contribution in [1.82, 2.24) is 0 Å². The van der Waals surface area contributed by atoms with Crippen LogP contribution in [-0.4, -0.2) is 25.8 Å². The van der Waals surface area contributed by atoms with E-state index in [1.54, 1.807) is 0 Å². The Kier molecular flexibility index (Phi) is 4.34. The molecule has 94 valence electrons. The van der Waals surface area contributed by atoms with Gasteiger partial charge in [0.2, 0.25) is 0 Å². The number of halogens is 2. The molecule has 0 saturated carbocycles. The van der Waals surface area contributed by atoms with Crippen molar-refractivity contribution < 1.29 is 4.74 Å². The van der Waals surface area contributed by atoms with Crippen LogP contribution in [-0.2, 0) is 10.6 Å². The Morgan fingerprint density at radius 2 is 2.29 bits per heavy atom. The van der Waals surface area contributed by atoms with E-state index in [0.29, 0.717) is 11.9 Å². The molecular weight excluding hydrogens is 302 g/mol. The maximum atomic E-state index is 6.00. The van der Waals surface area contributed by atoms with Crippen LogP contribution in [0.15, 0.2) is 22.7 Å². The molecule has 0 amide bonds. The molecule has 2 rings (SSSR count). The molecule has 1 aliphatic rings. The molecule has 1 heterocycles. The number of rotatable bonds is 3. The summed E-state index contributed by atoms with van der Waals surface area (Å²) >= 11 is 9.51. The van der Waals surface area contributed by atoms with Gasteiger partial charge in [-0.05, 0) is 31.0 Å². The fraction of sp³-hybridized carbons (Fsp3) is 0.538. The van der Waals surface area contributed by atoms with Crippen molar-refractivity contribution >= 4 is 33.2 Å². The van der Waals surface area contributed by atoms with Gasteiger partial charge in [-0.25, -0.2) is 0 Å². The largest absolute Gasteiger partial charge is 0.376 e. The Bertz CT molecular complexity index is 399. The minimum Gasteiger partial charge on any atom is -0.376 e. The van der Waals surface area contributed by atoms with Crippen LogP contribution in [0.2, 0.25) is 0 Å². The average molecular weight is 319 g/mol. The fourth-order valence-corrected chi connectivity index (χ4v) is 2.96. The number of hydrogen-bond donors (Lipinski definition) is 0. The minimum atomic E-state index is 0.280. The Morgan fingerprint density at radius 1 is 1.53 bits per heavy atom. The summed E-state index contributed by atoms with van der Waals surface area (Å²) in [4.78, 5) is 2.29. The third kappa shape index (κ3) is 2.78. The summed E-state index contributed by atoms with van der Waals surface area (Å²) in [7, 11) is 2.12. The van der Waals surface area contributed by atoms with E-state index in [-0.39, 0.29) is 6.10 Å². The van der Waals surface area contributed by atoms with Crippen LogP contribution < -0.4 is 4.90 Å². The molecule has 0 aliphatic carbocycles. The molecule has 0 radical (unpaired) electrons. The van der Waals surface area contributed by atoms with Crippen LogP contribution >= 0.6 is 27.5 Å². The molecule has 17 heavy (non-hydrogen) atoms. The van der Waals surface area contributed by atoms with Crippen molar-refractivity contribution in [3.63, 3.8) is 0 Å². The molecule has 0 N–H and O–H groups in total. The molecule has 1 aliphatic heterocycles. The highest BCUT2D eigenvalue weighted by atomic mass is 79.9. The third-order valence-electron chi connectivity index (χ3n) is 3.40. The van der Waals surface area contributed by atoms with Gasteiger partial charge in [0.05, 0.1) is 12.1 Å². The second kappa shape index (κ2) is 5.59. The lowest BCUT2D eigenvalue weighted by Crippen LogP contribution is -2.37. The molecule has 1 aromatic carbocycles. The van der Waals surface area contributed by atoms with Crippen molar-refractivity contribution in [1.29, 1.82) is 0 Å². The zero-order valence-electron chi connectivity index (χ0n) is 10.1. The zero-order chi connectivity index (χ0) is 12.4. The van der Waals surface area contributed by atoms with E-state index >= 15 is 0 Å². The molecule has 0 bridgehead atoms. The highest BCUT2D eigenvalue weighted by Crippen LogP contribution is 2.30. The number of nitrogens with zero attached hydrogens (tertiary/aromatic N) is 1. The Labute approximate surface area is 116 Å². The maximum Gasteiger partial charge on any atom is 0.0750 e. The summed E-state index contributed by atoms with van der Waals surface area (Å²) in [6.07, 6.45) is 1.36. The van der Waals surface area contributed by atoms with E-state index in [4.69, 9.17) is 16.3 Å². The summed E-state index contributed by atoms with van der Waals surface area (Å²) in [5.74, 6) is 0.537. The van der Waals surface area contributed by atoms with Gasteiger partial charge in [-0.15, -0.1) is 11.6 Å². The maximum absolute atomic E-state index is 6.00. The van der Waals surface area contributed by atoms with Crippen LogP contribution in [0, 0.1) is 0 Å². The molecule has 1 fully saturated rings. The first-order valence-electron chi connectivity index (χ1n) is 5.82. The van der Waals surface area contributed by atoms with Gasteiger partial charge >= 0.3 is 0 Å². The van der Waals surface area contributed by atoms with Crippen LogP contribution in [0.5, 0.6) is 0 Å². The molecule has 0 aromatic heterocycles. The van der Waals surface area contributed by atoms with Crippen LogP contribution in [0.4, 0.5) is 5.69 Å². The van der Waals surface area contributed by atoms with Crippen molar-refractivity contribution in [2.75, 3.05) is 18.6 Å². The van der Waals surface area contributed by atoms with Gasteiger partial charge in [-0.2, -0.15) is 0 Å². The van der Waals surface area contributed by atoms with Gasteiger partial charge in [0, 0.05) is 29.7 Å². The SMILES string of the molecule is CC1OCCC1N(C)c1cc(Br)ccc1CCl. The number of likely N-dealkylation sites (N-methyl/N-ethyl adjacent to an activating group) is 1. The molecule has 1 saturated heterocycles. The Hall–Kier alpha value is -0.250. The van der Waals surface area contributed by atoms with Crippen LogP contribution in [0.3, 0.4) is 0 Å². The van der Waals surface area contributed by atoms with Crippen LogP contribution in [0.25, 0.3) is 0 Å². The molecule has 2 unspecified atom stereocenters. The standard InChI is InChI=1S/C13H17BrClNO/c1-9-12(5-6-17-9)16(2)13-7-11(14)4-3-10(13)8-15/h3-4,7,9,12H,5-6,8H2,1-2H3. The normalized spacial score (nSPS) is 24.0. The van der Waals surface area contributed by atoms with Crippen molar-refractivity contribution in [3.8, 4) is 0 Å². The first kappa shape index (κ1) is 13.2. The molecule has 0 spiro atoms. The second-order valence-corrected chi connectivity index (χ2v) is 5.63. The van der Waals surface area contributed by atoms with Gasteiger partial charge in [-0.1, -0.05) is 22.0 Å². The highest BCUT2D eigenvalue weighted by molar-refractivity contribution is 9.10. The lowest BCUT2D eigenvalue weighted by Gasteiger charge is -2.30. The van der Waals surface area contributed by atoms with Gasteiger partial charge in [0.1, 0.15) is 0 Å². The third-order valence-corrected chi connectivity index (χ3v) is 4.19. The summed E-state index contributed by atoms with van der Waals surface area (Å²) < 4.78 is 6.71. The predicted octanol–water partition coefficient (Wildman–Crippen LogP) is 3.80. The summed E-state index contributed by atoms with van der Waals surface area (Å²) in [5.41, 5.74) is 2.35. The fourth-order valence-electron chi connectivity index (χ4n) is 2.39. The van der Waals surface area contributed by atoms with Crippen LogP contribution in [0.1, 0.15) is 18.9 Å². The average Bonchev–Trinajstić information content (AvgIpc) is 2.74. The van der Waals surface area contributed by atoms with Gasteiger partial charge in [0.15, 0.2) is 0 Å². The molecule has 2 atom stereocenters. The quantitative estimate of drug-likeness (QED) is 0.786. The Morgan fingerprint density at radius 3 is 2.88 bits per heavy atom. The number of anilines is 1. The van der Waals surface area contributed by atoms with E-state index in [2.05, 4.69) is 46.9 Å². The molecule has 4 heteroatoms. The number of hydrogen-bond acceptors (Lipinski definition) is 2. The summed E-state index contributed by atoms with van der Waals surface area (Å²) in [5, 5.41) is 0. The lowest BCUT2D eigenvalue weighted by atomic mass is 10.1. The monoisotopic (exact) mass is 317 g/mol. The van der Waals surface area contributed by atoms with Crippen molar-refractivity contribution in [2.24, 2.45) is 0 Å². The number of benzene rings is 1. The van der Waals surface area contributed by atoms with E-state index < -0.39 is 0 Å². The van der Waals surface area contributed by atoms with E-state index in [0.717, 1.165) is 23.1 Å². The number of ether oxygens (including phenoxy) is 1. The molecule has 2 nitrogen and oxygen atoms in total. The first-order valence-corrected chi connectivity index (χ1v) is 7.15. The Balaban J connectivity index is 2.28. The summed E-state index contributed by atoms with van der Waals surface area (Å²) in [6.45, 7) is 2.98. The highest BCUT2D eigenvalue weighted by Gasteiger charge is 2.28. The summed E-state index contributed by atoms with van der Waals surface area (Å²) in [6, 6.07) is 6.67. The van der Waals surface area contributed by atoms with E-state index in [1.165, 1.54) is 5.69 Å². The zero-order valence-corrected chi connectivity index (χ0v) is 12.5. The van der Waals surface area contributed by atoms with Crippen molar-refractivity contribution in [3.05, 3.63) is 28.2 Å². The van der Waals surface area contributed by atoms with E-state index in [1.807, 2.05) is 6.07 Å². The predicted molar refractivity (Wildman–Crippen MR) is 75.9 cm³/mol. The second-order valence-electron chi connectivity index (χ2n) is 4.45. The van der Waals surface area contributed by atoms with Gasteiger partial charge in [-0.3, -0.25) is 0 Å². The van der Waals surface area contributed by atoms with E-state index in [9.17, 15) is 0 Å². The molecule has 1 aromatic rings. The minimum absolute atomic E-state index is 0.280. The topological polar surface area (TPSA) is 12.5 Å². The van der Waals surface area contributed by atoms with Crippen molar-refractivity contribution in [2.45, 2.75) is 31.4 Å².